The predicted molar refractivity (Wildman–Crippen MR) is 59.5 cm³/mol. The van der Waals surface area contributed by atoms with E-state index in [1.165, 1.54) is 7.11 Å². The smallest absolute Gasteiger partial charge is 0.233 e. The highest BCUT2D eigenvalue weighted by atomic mass is 32.2. The van der Waals surface area contributed by atoms with E-state index in [0.717, 1.165) is 5.56 Å². The number of aromatic nitrogens is 2. The molecule has 1 atom stereocenters. The molecule has 0 bridgehead atoms. The lowest BCUT2D eigenvalue weighted by Crippen LogP contribution is -2.23. The minimum absolute atomic E-state index is 0.325. The van der Waals surface area contributed by atoms with E-state index in [9.17, 15) is 4.21 Å². The molecule has 5 heteroatoms. The van der Waals surface area contributed by atoms with Crippen LogP contribution in [0.2, 0.25) is 0 Å². The first-order valence-electron chi connectivity index (χ1n) is 4.66. The number of hydrogen-bond acceptors (Lipinski definition) is 4. The third-order valence-corrected chi connectivity index (χ3v) is 3.72. The van der Waals surface area contributed by atoms with Crippen molar-refractivity contribution in [3.05, 3.63) is 11.6 Å². The summed E-state index contributed by atoms with van der Waals surface area (Å²) in [7, 11) is 0.380. The Balaban J connectivity index is 3.12. The Kier molecular flexibility index (Phi) is 3.44. The molecule has 4 nitrogen and oxygen atoms in total. The van der Waals surface area contributed by atoms with Gasteiger partial charge in [0.1, 0.15) is 0 Å². The van der Waals surface area contributed by atoms with Gasteiger partial charge in [-0.15, -0.1) is 10.2 Å². The Morgan fingerprint density at radius 1 is 1.33 bits per heavy atom. The Labute approximate surface area is 92.5 Å². The summed E-state index contributed by atoms with van der Waals surface area (Å²) >= 11 is 0. The molecule has 84 valence electrons. The van der Waals surface area contributed by atoms with Gasteiger partial charge in [0, 0.05) is 10.8 Å². The van der Waals surface area contributed by atoms with Gasteiger partial charge in [-0.2, -0.15) is 0 Å². The van der Waals surface area contributed by atoms with Crippen molar-refractivity contribution in [3.8, 4) is 5.88 Å². The SMILES string of the molecule is COc1cc(C)c(S(=O)C(C)(C)C)nn1. The van der Waals surface area contributed by atoms with Crippen LogP contribution in [0.4, 0.5) is 0 Å². The van der Waals surface area contributed by atoms with E-state index >= 15 is 0 Å². The standard InChI is InChI=1S/C10H16N2O2S/c1-7-6-8(14-5)11-12-9(7)15(13)10(2,3)4/h6H,1-5H3. The Hall–Kier alpha value is -0.970. The highest BCUT2D eigenvalue weighted by molar-refractivity contribution is 7.86. The first kappa shape index (κ1) is 12.1. The molecule has 1 unspecified atom stereocenters. The van der Waals surface area contributed by atoms with Crippen molar-refractivity contribution in [1.29, 1.82) is 0 Å². The minimum atomic E-state index is -1.15. The lowest BCUT2D eigenvalue weighted by atomic mass is 10.3. The first-order valence-corrected chi connectivity index (χ1v) is 5.81. The highest BCUT2D eigenvalue weighted by Crippen LogP contribution is 2.22. The third-order valence-electron chi connectivity index (χ3n) is 1.86. The van der Waals surface area contributed by atoms with Crippen molar-refractivity contribution < 1.29 is 8.95 Å². The summed E-state index contributed by atoms with van der Waals surface area (Å²) in [5.74, 6) is 0.446. The van der Waals surface area contributed by atoms with Gasteiger partial charge in [-0.25, -0.2) is 0 Å². The zero-order valence-corrected chi connectivity index (χ0v) is 10.5. The fourth-order valence-corrected chi connectivity index (χ4v) is 2.07. The topological polar surface area (TPSA) is 52.1 Å². The molecule has 0 aromatic carbocycles. The molecule has 0 fully saturated rings. The van der Waals surface area contributed by atoms with Crippen LogP contribution in [0.5, 0.6) is 5.88 Å². The van der Waals surface area contributed by atoms with Gasteiger partial charge in [0.15, 0.2) is 5.03 Å². The molecule has 1 aromatic heterocycles. The quantitative estimate of drug-likeness (QED) is 0.773. The number of hydrogen-bond donors (Lipinski definition) is 0. The molecule has 0 saturated heterocycles. The van der Waals surface area contributed by atoms with Crippen LogP contribution in [-0.4, -0.2) is 26.3 Å². The Morgan fingerprint density at radius 3 is 2.33 bits per heavy atom. The van der Waals surface area contributed by atoms with Gasteiger partial charge in [0.25, 0.3) is 0 Å². The lowest BCUT2D eigenvalue weighted by Gasteiger charge is -2.17. The van der Waals surface area contributed by atoms with Crippen molar-refractivity contribution in [1.82, 2.24) is 10.2 Å². The molecule has 0 amide bonds. The summed E-state index contributed by atoms with van der Waals surface area (Å²) in [4.78, 5) is 0. The molecule has 0 aliphatic rings. The van der Waals surface area contributed by atoms with E-state index in [1.807, 2.05) is 27.7 Å². The summed E-state index contributed by atoms with van der Waals surface area (Å²) in [6, 6.07) is 1.74. The van der Waals surface area contributed by atoms with E-state index in [4.69, 9.17) is 4.74 Å². The Morgan fingerprint density at radius 2 is 1.93 bits per heavy atom. The molecule has 1 heterocycles. The maximum absolute atomic E-state index is 12.1. The summed E-state index contributed by atoms with van der Waals surface area (Å²) < 4.78 is 16.7. The first-order chi connectivity index (χ1) is 6.86. The van der Waals surface area contributed by atoms with Crippen LogP contribution in [0.25, 0.3) is 0 Å². The van der Waals surface area contributed by atoms with Crippen LogP contribution in [-0.2, 0) is 10.8 Å². The van der Waals surface area contributed by atoms with E-state index in [2.05, 4.69) is 10.2 Å². The normalized spacial score (nSPS) is 13.7. The number of ether oxygens (including phenoxy) is 1. The maximum Gasteiger partial charge on any atom is 0.233 e. The van der Waals surface area contributed by atoms with Gasteiger partial charge in [-0.3, -0.25) is 4.21 Å². The monoisotopic (exact) mass is 228 g/mol. The van der Waals surface area contributed by atoms with Crippen molar-refractivity contribution >= 4 is 10.8 Å². The average molecular weight is 228 g/mol. The zero-order valence-electron chi connectivity index (χ0n) is 9.70. The summed E-state index contributed by atoms with van der Waals surface area (Å²) in [6.45, 7) is 7.59. The molecule has 0 saturated carbocycles. The second kappa shape index (κ2) is 4.26. The fourth-order valence-electron chi connectivity index (χ4n) is 1.02. The lowest BCUT2D eigenvalue weighted by molar-refractivity contribution is 0.389. The molecular weight excluding hydrogens is 212 g/mol. The molecule has 1 aromatic rings. The largest absolute Gasteiger partial charge is 0.480 e. The van der Waals surface area contributed by atoms with E-state index in [0.29, 0.717) is 10.9 Å². The van der Waals surface area contributed by atoms with Crippen molar-refractivity contribution in [2.75, 3.05) is 7.11 Å². The van der Waals surface area contributed by atoms with Crippen LogP contribution < -0.4 is 4.74 Å². The number of aryl methyl sites for hydroxylation is 1. The van der Waals surface area contributed by atoms with Gasteiger partial charge < -0.3 is 4.74 Å². The molecule has 15 heavy (non-hydrogen) atoms. The van der Waals surface area contributed by atoms with Crippen molar-refractivity contribution in [2.24, 2.45) is 0 Å². The molecule has 0 spiro atoms. The molecule has 0 aliphatic carbocycles. The number of rotatable bonds is 2. The Bertz CT molecular complexity index is 385. The van der Waals surface area contributed by atoms with E-state index in [-0.39, 0.29) is 4.75 Å². The van der Waals surface area contributed by atoms with Crippen molar-refractivity contribution in [2.45, 2.75) is 37.5 Å². The maximum atomic E-state index is 12.1. The van der Waals surface area contributed by atoms with E-state index in [1.54, 1.807) is 6.07 Å². The van der Waals surface area contributed by atoms with Crippen LogP contribution in [0.15, 0.2) is 11.1 Å². The average Bonchev–Trinajstić information content (AvgIpc) is 2.15. The number of methoxy groups -OCH3 is 1. The van der Waals surface area contributed by atoms with E-state index < -0.39 is 10.8 Å². The highest BCUT2D eigenvalue weighted by Gasteiger charge is 2.24. The van der Waals surface area contributed by atoms with Gasteiger partial charge in [-0.1, -0.05) is 0 Å². The van der Waals surface area contributed by atoms with Gasteiger partial charge in [0.05, 0.1) is 17.9 Å². The van der Waals surface area contributed by atoms with Crippen LogP contribution in [0.1, 0.15) is 26.3 Å². The molecule has 0 N–H and O–H groups in total. The van der Waals surface area contributed by atoms with Gasteiger partial charge >= 0.3 is 0 Å². The van der Waals surface area contributed by atoms with Gasteiger partial charge in [-0.05, 0) is 33.3 Å². The number of nitrogens with zero attached hydrogens (tertiary/aromatic N) is 2. The summed E-state index contributed by atoms with van der Waals surface area (Å²) in [5.41, 5.74) is 0.843. The minimum Gasteiger partial charge on any atom is -0.480 e. The molecular formula is C10H16N2O2S. The molecule has 0 aliphatic heterocycles. The molecule has 0 radical (unpaired) electrons. The second-order valence-corrected chi connectivity index (χ2v) is 6.40. The summed E-state index contributed by atoms with van der Waals surface area (Å²) in [5, 5.41) is 8.30. The van der Waals surface area contributed by atoms with Crippen LogP contribution in [0.3, 0.4) is 0 Å². The predicted octanol–water partition coefficient (Wildman–Crippen LogP) is 1.70. The van der Waals surface area contributed by atoms with Gasteiger partial charge in [0.2, 0.25) is 5.88 Å². The van der Waals surface area contributed by atoms with Crippen molar-refractivity contribution in [3.63, 3.8) is 0 Å². The second-order valence-electron chi connectivity index (χ2n) is 4.26. The summed E-state index contributed by atoms with van der Waals surface area (Å²) in [6.07, 6.45) is 0. The zero-order chi connectivity index (χ0) is 11.6. The fraction of sp³-hybridized carbons (Fsp3) is 0.600. The van der Waals surface area contributed by atoms with Crippen LogP contribution >= 0.6 is 0 Å². The van der Waals surface area contributed by atoms with Crippen LogP contribution in [0, 0.1) is 6.92 Å². The third kappa shape index (κ3) is 2.75. The molecule has 1 rings (SSSR count).